The second-order valence-electron chi connectivity index (χ2n) is 5.54. The molecule has 2 aliphatic rings. The number of benzene rings is 1. The van der Waals surface area contributed by atoms with Crippen LogP contribution >= 0.6 is 0 Å². The summed E-state index contributed by atoms with van der Waals surface area (Å²) in [6.45, 7) is 1.96. The van der Waals surface area contributed by atoms with E-state index in [1.165, 1.54) is 6.07 Å². The van der Waals surface area contributed by atoms with Crippen LogP contribution in [0.4, 0.5) is 14.9 Å². The Morgan fingerprint density at radius 3 is 2.48 bits per heavy atom. The van der Waals surface area contributed by atoms with E-state index in [9.17, 15) is 18.8 Å². The molecule has 3 rings (SSSR count). The van der Waals surface area contributed by atoms with E-state index in [2.05, 4.69) is 10.6 Å². The maximum atomic E-state index is 13.8. The van der Waals surface area contributed by atoms with Crippen LogP contribution in [0.3, 0.4) is 0 Å². The number of urea groups is 1. The van der Waals surface area contributed by atoms with Gasteiger partial charge in [-0.1, -0.05) is 12.1 Å². The fourth-order valence-electron chi connectivity index (χ4n) is 2.81. The number of piperazine rings is 1. The molecule has 8 heteroatoms. The number of anilines is 1. The Morgan fingerprint density at radius 1 is 1.17 bits per heavy atom. The monoisotopic (exact) mass is 320 g/mol. The average Bonchev–Trinajstić information content (AvgIpc) is 2.85. The highest BCUT2D eigenvalue weighted by Gasteiger charge is 2.33. The number of hydrogen-bond donors (Lipinski definition) is 2. The number of rotatable bonds is 3. The van der Waals surface area contributed by atoms with Gasteiger partial charge in [0.2, 0.25) is 5.91 Å². The number of nitrogens with zero attached hydrogens (tertiary/aromatic N) is 2. The van der Waals surface area contributed by atoms with Gasteiger partial charge in [-0.15, -0.1) is 0 Å². The smallest absolute Gasteiger partial charge is 0.322 e. The minimum absolute atomic E-state index is 0.0583. The molecule has 0 aliphatic carbocycles. The number of carbonyl (C=O) groups is 3. The average molecular weight is 320 g/mol. The first-order chi connectivity index (χ1) is 11.0. The lowest BCUT2D eigenvalue weighted by molar-refractivity contribution is -0.134. The number of imide groups is 1. The number of hydrogen-bond acceptors (Lipinski definition) is 4. The van der Waals surface area contributed by atoms with E-state index in [0.717, 1.165) is 0 Å². The van der Waals surface area contributed by atoms with Crippen molar-refractivity contribution in [2.45, 2.75) is 12.5 Å². The van der Waals surface area contributed by atoms with Gasteiger partial charge in [-0.05, 0) is 12.1 Å². The largest absolute Gasteiger partial charge is 0.366 e. The Bertz CT molecular complexity index is 643. The van der Waals surface area contributed by atoms with Gasteiger partial charge in [0.05, 0.1) is 12.1 Å². The third-order valence-corrected chi connectivity index (χ3v) is 4.06. The van der Waals surface area contributed by atoms with Crippen molar-refractivity contribution in [1.29, 1.82) is 0 Å². The molecule has 2 saturated heterocycles. The lowest BCUT2D eigenvalue weighted by Gasteiger charge is -2.36. The molecule has 0 aromatic heterocycles. The number of carbonyl (C=O) groups excluding carboxylic acids is 3. The van der Waals surface area contributed by atoms with Crippen LogP contribution in [0.1, 0.15) is 6.42 Å². The Hall–Kier alpha value is -2.64. The summed E-state index contributed by atoms with van der Waals surface area (Å²) in [6, 6.07) is 5.16. The van der Waals surface area contributed by atoms with Crippen molar-refractivity contribution < 1.29 is 18.8 Å². The molecule has 2 fully saturated rings. The van der Waals surface area contributed by atoms with Gasteiger partial charge < -0.3 is 15.1 Å². The van der Waals surface area contributed by atoms with E-state index in [1.807, 2.05) is 4.90 Å². The van der Waals surface area contributed by atoms with Crippen LogP contribution in [0.5, 0.6) is 0 Å². The summed E-state index contributed by atoms with van der Waals surface area (Å²) < 4.78 is 13.8. The van der Waals surface area contributed by atoms with Crippen LogP contribution in [0.15, 0.2) is 24.3 Å². The maximum absolute atomic E-state index is 13.8. The van der Waals surface area contributed by atoms with Crippen LogP contribution in [0.25, 0.3) is 0 Å². The van der Waals surface area contributed by atoms with E-state index >= 15 is 0 Å². The van der Waals surface area contributed by atoms with Crippen molar-refractivity contribution >= 4 is 23.5 Å². The van der Waals surface area contributed by atoms with Crippen LogP contribution in [0, 0.1) is 5.82 Å². The molecule has 122 valence electrons. The Balaban J connectivity index is 1.54. The molecular weight excluding hydrogens is 303 g/mol. The van der Waals surface area contributed by atoms with Crippen molar-refractivity contribution in [3.05, 3.63) is 30.1 Å². The lowest BCUT2D eigenvalue weighted by Crippen LogP contribution is -2.50. The van der Waals surface area contributed by atoms with Crippen molar-refractivity contribution in [3.8, 4) is 0 Å². The molecule has 1 aromatic carbocycles. The second kappa shape index (κ2) is 6.23. The van der Waals surface area contributed by atoms with Gasteiger partial charge in [0.25, 0.3) is 5.91 Å². The highest BCUT2D eigenvalue weighted by Crippen LogP contribution is 2.20. The summed E-state index contributed by atoms with van der Waals surface area (Å²) in [5, 5.41) is 4.51. The first kappa shape index (κ1) is 15.3. The third-order valence-electron chi connectivity index (χ3n) is 4.06. The van der Waals surface area contributed by atoms with Gasteiger partial charge in [-0.2, -0.15) is 0 Å². The maximum Gasteiger partial charge on any atom is 0.322 e. The number of para-hydroxylation sites is 1. The van der Waals surface area contributed by atoms with E-state index in [0.29, 0.717) is 31.9 Å². The lowest BCUT2D eigenvalue weighted by atomic mass is 10.1. The third kappa shape index (κ3) is 3.25. The summed E-state index contributed by atoms with van der Waals surface area (Å²) in [5.41, 5.74) is 0.530. The van der Waals surface area contributed by atoms with Crippen molar-refractivity contribution in [2.24, 2.45) is 0 Å². The van der Waals surface area contributed by atoms with Gasteiger partial charge in [0.15, 0.2) is 0 Å². The van der Waals surface area contributed by atoms with Crippen molar-refractivity contribution in [1.82, 2.24) is 15.5 Å². The van der Waals surface area contributed by atoms with Crippen molar-refractivity contribution in [2.75, 3.05) is 31.1 Å². The van der Waals surface area contributed by atoms with Crippen LogP contribution in [-0.4, -0.2) is 55.0 Å². The van der Waals surface area contributed by atoms with Crippen LogP contribution in [0.2, 0.25) is 0 Å². The summed E-state index contributed by atoms with van der Waals surface area (Å²) in [7, 11) is 0. The van der Waals surface area contributed by atoms with Gasteiger partial charge in [0, 0.05) is 26.2 Å². The predicted molar refractivity (Wildman–Crippen MR) is 80.3 cm³/mol. The fourth-order valence-corrected chi connectivity index (χ4v) is 2.81. The van der Waals surface area contributed by atoms with Gasteiger partial charge in [0.1, 0.15) is 11.9 Å². The topological polar surface area (TPSA) is 81.8 Å². The van der Waals surface area contributed by atoms with E-state index in [4.69, 9.17) is 0 Å². The minimum atomic E-state index is -0.806. The molecule has 2 N–H and O–H groups in total. The summed E-state index contributed by atoms with van der Waals surface area (Å²) in [5.74, 6) is -0.952. The molecule has 2 aliphatic heterocycles. The van der Waals surface area contributed by atoms with Crippen LogP contribution < -0.4 is 15.5 Å². The van der Waals surface area contributed by atoms with E-state index in [1.54, 1.807) is 23.1 Å². The van der Waals surface area contributed by atoms with E-state index < -0.39 is 18.0 Å². The molecule has 7 nitrogen and oxygen atoms in total. The number of halogens is 1. The summed E-state index contributed by atoms with van der Waals surface area (Å²) in [6.07, 6.45) is -0.0583. The molecule has 0 spiro atoms. The minimum Gasteiger partial charge on any atom is -0.366 e. The quantitative estimate of drug-likeness (QED) is 0.773. The molecule has 23 heavy (non-hydrogen) atoms. The molecule has 0 radical (unpaired) electrons. The predicted octanol–water partition coefficient (Wildman–Crippen LogP) is 0.0724. The summed E-state index contributed by atoms with van der Waals surface area (Å²) in [4.78, 5) is 38.3. The first-order valence-corrected chi connectivity index (χ1v) is 7.43. The standard InChI is InChI=1S/C15H17FN4O3/c16-10-3-1-2-4-12(10)19-5-7-20(8-6-19)13(21)9-11-14(22)18-15(23)17-11/h1-4,11H,5-9H2,(H2,17,18,22,23)/t11-/m0/s1. The van der Waals surface area contributed by atoms with Crippen LogP contribution in [-0.2, 0) is 9.59 Å². The molecule has 2 heterocycles. The molecule has 1 atom stereocenters. The highest BCUT2D eigenvalue weighted by atomic mass is 19.1. The van der Waals surface area contributed by atoms with E-state index in [-0.39, 0.29) is 18.1 Å². The molecule has 4 amide bonds. The molecule has 0 bridgehead atoms. The van der Waals surface area contributed by atoms with Gasteiger partial charge in [-0.25, -0.2) is 9.18 Å². The Labute approximate surface area is 132 Å². The zero-order valence-electron chi connectivity index (χ0n) is 12.4. The molecule has 0 saturated carbocycles. The summed E-state index contributed by atoms with van der Waals surface area (Å²) >= 11 is 0. The SMILES string of the molecule is O=C1NC(=O)[C@H](CC(=O)N2CCN(c3ccccc3F)CC2)N1. The second-order valence-corrected chi connectivity index (χ2v) is 5.54. The highest BCUT2D eigenvalue weighted by molar-refractivity contribution is 6.05. The normalized spacial score (nSPS) is 21.2. The van der Waals surface area contributed by atoms with Crippen molar-refractivity contribution in [3.63, 3.8) is 0 Å². The Kier molecular flexibility index (Phi) is 4.14. The molecule has 0 unspecified atom stereocenters. The molecule has 1 aromatic rings. The number of amides is 4. The fraction of sp³-hybridized carbons (Fsp3) is 0.400. The zero-order chi connectivity index (χ0) is 16.4. The zero-order valence-corrected chi connectivity index (χ0v) is 12.4. The molecular formula is C15H17FN4O3. The van der Waals surface area contributed by atoms with Gasteiger partial charge in [-0.3, -0.25) is 14.9 Å². The Morgan fingerprint density at radius 2 is 1.87 bits per heavy atom. The van der Waals surface area contributed by atoms with Gasteiger partial charge >= 0.3 is 6.03 Å². The number of nitrogens with one attached hydrogen (secondary N) is 2. The first-order valence-electron chi connectivity index (χ1n) is 7.43.